The molecule has 0 saturated carbocycles. The minimum atomic E-state index is 0.554. The van der Waals surface area contributed by atoms with Gasteiger partial charge in [-0.1, -0.05) is 109 Å². The monoisotopic (exact) mass is 610 g/mol. The number of nitriles is 1. The van der Waals surface area contributed by atoms with Crippen molar-refractivity contribution in [1.82, 2.24) is 9.13 Å². The second-order valence-corrected chi connectivity index (χ2v) is 11.9. The molecule has 9 rings (SSSR count). The van der Waals surface area contributed by atoms with Gasteiger partial charge >= 0.3 is 0 Å². The Kier molecular flexibility index (Phi) is 6.22. The summed E-state index contributed by atoms with van der Waals surface area (Å²) in [6.07, 6.45) is 0. The number of fused-ring (bicyclic) bond motifs is 6. The van der Waals surface area contributed by atoms with Gasteiger partial charge in [0.1, 0.15) is 0 Å². The van der Waals surface area contributed by atoms with Crippen LogP contribution in [-0.2, 0) is 0 Å². The van der Waals surface area contributed by atoms with Crippen LogP contribution in [0.3, 0.4) is 0 Å². The minimum Gasteiger partial charge on any atom is -0.318 e. The van der Waals surface area contributed by atoms with Crippen LogP contribution < -0.4 is 0 Å². The molecule has 0 radical (unpaired) electrons. The predicted octanol–water partition coefficient (Wildman–Crippen LogP) is 11.6. The predicted molar refractivity (Wildman–Crippen MR) is 197 cm³/mol. The molecule has 2 heterocycles. The van der Waals surface area contributed by atoms with Crippen molar-refractivity contribution in [1.29, 1.82) is 5.26 Å². The zero-order chi connectivity index (χ0) is 32.2. The molecule has 0 amide bonds. The molecule has 9 aromatic rings. The van der Waals surface area contributed by atoms with Crippen LogP contribution in [0.25, 0.3) is 82.1 Å². The maximum Gasteiger partial charge on any atom is 0.211 e. The summed E-state index contributed by atoms with van der Waals surface area (Å²) in [6.45, 7) is 8.15. The van der Waals surface area contributed by atoms with Crippen LogP contribution in [0.1, 0.15) is 5.56 Å². The molecular weight excluding hydrogens is 585 g/mol. The van der Waals surface area contributed by atoms with Crippen LogP contribution in [0.2, 0.25) is 0 Å². The number of hydrogen-bond acceptors (Lipinski definition) is 1. The normalized spacial score (nSPS) is 11.3. The van der Waals surface area contributed by atoms with Gasteiger partial charge in [0.05, 0.1) is 46.0 Å². The summed E-state index contributed by atoms with van der Waals surface area (Å²) in [5, 5.41) is 14.4. The van der Waals surface area contributed by atoms with Gasteiger partial charge in [-0.2, -0.15) is 5.26 Å². The van der Waals surface area contributed by atoms with Crippen LogP contribution in [0.15, 0.2) is 158 Å². The summed E-state index contributed by atoms with van der Waals surface area (Å²) in [5.41, 5.74) is 11.5. The highest BCUT2D eigenvalue weighted by Gasteiger charge is 2.20. The molecule has 0 aliphatic carbocycles. The van der Waals surface area contributed by atoms with Crippen LogP contribution in [-0.4, -0.2) is 9.13 Å². The van der Waals surface area contributed by atoms with E-state index >= 15 is 0 Å². The van der Waals surface area contributed by atoms with Crippen LogP contribution in [0.5, 0.6) is 0 Å². The van der Waals surface area contributed by atoms with Crippen molar-refractivity contribution in [3.8, 4) is 39.7 Å². The van der Waals surface area contributed by atoms with Gasteiger partial charge in [-0.25, -0.2) is 4.85 Å². The summed E-state index contributed by atoms with van der Waals surface area (Å²) >= 11 is 0. The third-order valence-corrected chi connectivity index (χ3v) is 9.39. The Morgan fingerprint density at radius 3 is 1.77 bits per heavy atom. The first-order valence-corrected chi connectivity index (χ1v) is 15.9. The molecule has 0 aliphatic heterocycles. The summed E-state index contributed by atoms with van der Waals surface area (Å²) in [7, 11) is 0. The molecular formula is C44H26N4. The standard InChI is InChI=1S/C44H26N4/c1-46-38-18-10-17-34(44(38)48-41-21-7-4-16-37(41)43-32(28-45)13-9-22-42(43)48)31-12-8-11-30(27-31)29-23-25-33(26-24-29)47-39-19-5-2-14-35(39)36-15-3-6-20-40(36)47/h2-27H. The van der Waals surface area contributed by atoms with Gasteiger partial charge in [0.25, 0.3) is 0 Å². The molecule has 0 bridgehead atoms. The van der Waals surface area contributed by atoms with Gasteiger partial charge in [0, 0.05) is 27.2 Å². The Morgan fingerprint density at radius 2 is 1.08 bits per heavy atom. The molecule has 0 aliphatic rings. The molecule has 4 heteroatoms. The molecule has 222 valence electrons. The number of aromatic nitrogens is 2. The molecule has 0 N–H and O–H groups in total. The van der Waals surface area contributed by atoms with E-state index in [0.29, 0.717) is 11.3 Å². The van der Waals surface area contributed by atoms with E-state index < -0.39 is 0 Å². The van der Waals surface area contributed by atoms with Crippen molar-refractivity contribution < 1.29 is 0 Å². The Labute approximate surface area is 277 Å². The Morgan fingerprint density at radius 1 is 0.500 bits per heavy atom. The second-order valence-electron chi connectivity index (χ2n) is 11.9. The van der Waals surface area contributed by atoms with Gasteiger partial charge in [0.2, 0.25) is 5.69 Å². The molecule has 48 heavy (non-hydrogen) atoms. The molecule has 0 unspecified atom stereocenters. The van der Waals surface area contributed by atoms with E-state index in [2.05, 4.69) is 135 Å². The van der Waals surface area contributed by atoms with E-state index in [-0.39, 0.29) is 0 Å². The fourth-order valence-electron chi connectivity index (χ4n) is 7.31. The highest BCUT2D eigenvalue weighted by molar-refractivity contribution is 6.13. The minimum absolute atomic E-state index is 0.554. The second kappa shape index (κ2) is 10.9. The first-order valence-electron chi connectivity index (χ1n) is 15.9. The smallest absolute Gasteiger partial charge is 0.211 e. The van der Waals surface area contributed by atoms with E-state index in [4.69, 9.17) is 6.57 Å². The summed E-state index contributed by atoms with van der Waals surface area (Å²) < 4.78 is 4.48. The molecule has 0 atom stereocenters. The third-order valence-electron chi connectivity index (χ3n) is 9.39. The highest BCUT2D eigenvalue weighted by atomic mass is 15.0. The van der Waals surface area contributed by atoms with Crippen LogP contribution in [0, 0.1) is 17.9 Å². The zero-order valence-corrected chi connectivity index (χ0v) is 25.8. The number of rotatable bonds is 4. The lowest BCUT2D eigenvalue weighted by molar-refractivity contribution is 1.18. The van der Waals surface area contributed by atoms with Crippen molar-refractivity contribution in [2.45, 2.75) is 0 Å². The van der Waals surface area contributed by atoms with Gasteiger partial charge in [-0.3, -0.25) is 0 Å². The average molecular weight is 611 g/mol. The van der Waals surface area contributed by atoms with Crippen LogP contribution >= 0.6 is 0 Å². The van der Waals surface area contributed by atoms with Crippen molar-refractivity contribution in [2.75, 3.05) is 0 Å². The van der Waals surface area contributed by atoms with E-state index in [1.165, 1.54) is 21.8 Å². The maximum absolute atomic E-state index is 10.0. The Hall–Kier alpha value is -6.88. The number of para-hydroxylation sites is 4. The van der Waals surface area contributed by atoms with Crippen LogP contribution in [0.4, 0.5) is 5.69 Å². The van der Waals surface area contributed by atoms with Crippen molar-refractivity contribution in [3.05, 3.63) is 175 Å². The van der Waals surface area contributed by atoms with Crippen molar-refractivity contribution in [3.63, 3.8) is 0 Å². The van der Waals surface area contributed by atoms with Crippen molar-refractivity contribution >= 4 is 49.3 Å². The van der Waals surface area contributed by atoms with E-state index in [0.717, 1.165) is 55.4 Å². The van der Waals surface area contributed by atoms with E-state index in [9.17, 15) is 5.26 Å². The fraction of sp³-hybridized carbons (Fsp3) is 0. The zero-order valence-electron chi connectivity index (χ0n) is 25.8. The van der Waals surface area contributed by atoms with E-state index in [1.54, 1.807) is 0 Å². The fourth-order valence-corrected chi connectivity index (χ4v) is 7.31. The number of benzene rings is 7. The maximum atomic E-state index is 10.0. The largest absolute Gasteiger partial charge is 0.318 e. The summed E-state index contributed by atoms with van der Waals surface area (Å²) in [4.78, 5) is 3.99. The quantitative estimate of drug-likeness (QED) is 0.183. The number of nitrogens with zero attached hydrogens (tertiary/aromatic N) is 4. The Balaban J connectivity index is 1.19. The third kappa shape index (κ3) is 4.07. The van der Waals surface area contributed by atoms with Gasteiger partial charge in [-0.15, -0.1) is 0 Å². The molecule has 0 saturated heterocycles. The lowest BCUT2D eigenvalue weighted by atomic mass is 9.97. The topological polar surface area (TPSA) is 38.0 Å². The van der Waals surface area contributed by atoms with Gasteiger partial charge in [0.15, 0.2) is 0 Å². The van der Waals surface area contributed by atoms with Crippen molar-refractivity contribution in [2.24, 2.45) is 0 Å². The Bertz CT molecular complexity index is 2750. The lowest BCUT2D eigenvalue weighted by Gasteiger charge is -2.17. The summed E-state index contributed by atoms with van der Waals surface area (Å²) in [6, 6.07) is 56.6. The number of hydrogen-bond donors (Lipinski definition) is 0. The molecule has 0 spiro atoms. The summed E-state index contributed by atoms with van der Waals surface area (Å²) in [5.74, 6) is 0. The first kappa shape index (κ1) is 27.4. The van der Waals surface area contributed by atoms with Gasteiger partial charge in [-0.05, 0) is 70.8 Å². The lowest BCUT2D eigenvalue weighted by Crippen LogP contribution is -1.98. The van der Waals surface area contributed by atoms with E-state index in [1.807, 2.05) is 42.5 Å². The first-order chi connectivity index (χ1) is 23.7. The highest BCUT2D eigenvalue weighted by Crippen LogP contribution is 2.42. The molecule has 7 aromatic carbocycles. The van der Waals surface area contributed by atoms with Gasteiger partial charge < -0.3 is 9.13 Å². The molecule has 2 aromatic heterocycles. The molecule has 0 fully saturated rings. The average Bonchev–Trinajstić information content (AvgIpc) is 3.68. The SMILES string of the molecule is [C-]#[N+]c1cccc(-c2cccc(-c3ccc(-n4c5ccccc5c5ccccc54)cc3)c2)c1-n1c2ccccc2c2c(C#N)cccc21. The molecule has 4 nitrogen and oxygen atoms in total.